The quantitative estimate of drug-likeness (QED) is 0.562. The number of carbonyl (C=O) groups excluding carboxylic acids is 1. The Balaban J connectivity index is 2.10. The Hall–Kier alpha value is -2.44. The molecule has 0 saturated heterocycles. The molecule has 0 aliphatic heterocycles. The van der Waals surface area contributed by atoms with Gasteiger partial charge in [-0.25, -0.2) is 12.7 Å². The van der Waals surface area contributed by atoms with E-state index >= 15 is 0 Å². The number of rotatable bonds is 7. The molecule has 0 saturated carbocycles. The molecule has 0 spiro atoms. The zero-order valence-electron chi connectivity index (χ0n) is 14.5. The molecule has 2 aromatic carbocycles. The fourth-order valence-corrected chi connectivity index (χ4v) is 3.01. The first kappa shape index (κ1) is 18.9. The van der Waals surface area contributed by atoms with Crippen molar-refractivity contribution in [2.45, 2.75) is 11.8 Å². The predicted molar refractivity (Wildman–Crippen MR) is 98.3 cm³/mol. The minimum atomic E-state index is -3.49. The van der Waals surface area contributed by atoms with Crippen LogP contribution in [0.2, 0.25) is 0 Å². The summed E-state index contributed by atoms with van der Waals surface area (Å²) in [4.78, 5) is 12.4. The average molecular weight is 359 g/mol. The van der Waals surface area contributed by atoms with Crippen molar-refractivity contribution in [2.24, 2.45) is 0 Å². The van der Waals surface area contributed by atoms with E-state index in [1.165, 1.54) is 44.4 Å². The standard InChI is InChI=1S/C19H21NO4S/c1-4-24-17-10-5-15(6-11-17)7-14-19(21)16-8-12-18(13-9-16)25(22,23)20(2)3/h5-14H,4H2,1-3H3/b14-7+. The average Bonchev–Trinajstić information content (AvgIpc) is 2.61. The maximum Gasteiger partial charge on any atom is 0.242 e. The highest BCUT2D eigenvalue weighted by molar-refractivity contribution is 7.89. The van der Waals surface area contributed by atoms with Gasteiger partial charge in [0.05, 0.1) is 11.5 Å². The van der Waals surface area contributed by atoms with Crippen molar-refractivity contribution in [3.63, 3.8) is 0 Å². The maximum atomic E-state index is 12.2. The molecule has 132 valence electrons. The predicted octanol–water partition coefficient (Wildman–Crippen LogP) is 3.23. The molecule has 2 rings (SSSR count). The van der Waals surface area contributed by atoms with Gasteiger partial charge in [-0.3, -0.25) is 4.79 Å². The van der Waals surface area contributed by atoms with E-state index in [9.17, 15) is 13.2 Å². The van der Waals surface area contributed by atoms with Crippen LogP contribution in [0.3, 0.4) is 0 Å². The highest BCUT2D eigenvalue weighted by atomic mass is 32.2. The zero-order valence-corrected chi connectivity index (χ0v) is 15.3. The second-order valence-corrected chi connectivity index (χ2v) is 7.66. The lowest BCUT2D eigenvalue weighted by Crippen LogP contribution is -2.22. The van der Waals surface area contributed by atoms with Gasteiger partial charge in [-0.1, -0.05) is 18.2 Å². The smallest absolute Gasteiger partial charge is 0.242 e. The maximum absolute atomic E-state index is 12.2. The van der Waals surface area contributed by atoms with Crippen LogP contribution in [-0.2, 0) is 10.0 Å². The van der Waals surface area contributed by atoms with E-state index in [0.717, 1.165) is 15.6 Å². The molecule has 0 fully saturated rings. The van der Waals surface area contributed by atoms with Gasteiger partial charge in [-0.2, -0.15) is 0 Å². The van der Waals surface area contributed by atoms with Gasteiger partial charge in [-0.05, 0) is 55.0 Å². The minimum absolute atomic E-state index is 0.157. The Morgan fingerprint density at radius 3 is 2.16 bits per heavy atom. The van der Waals surface area contributed by atoms with Crippen molar-refractivity contribution in [3.8, 4) is 5.75 Å². The lowest BCUT2D eigenvalue weighted by Gasteiger charge is -2.11. The SMILES string of the molecule is CCOc1ccc(/C=C/C(=O)c2ccc(S(=O)(=O)N(C)C)cc2)cc1. The number of carbonyl (C=O) groups is 1. The van der Waals surface area contributed by atoms with E-state index in [1.807, 2.05) is 31.2 Å². The summed E-state index contributed by atoms with van der Waals surface area (Å²) in [5.41, 5.74) is 1.31. The topological polar surface area (TPSA) is 63.7 Å². The fourth-order valence-electron chi connectivity index (χ4n) is 2.11. The molecule has 6 heteroatoms. The van der Waals surface area contributed by atoms with Gasteiger partial charge in [0.25, 0.3) is 0 Å². The van der Waals surface area contributed by atoms with Crippen LogP contribution in [0.4, 0.5) is 0 Å². The first-order valence-corrected chi connectivity index (χ1v) is 9.26. The molecule has 5 nitrogen and oxygen atoms in total. The number of hydrogen-bond donors (Lipinski definition) is 0. The third-order valence-electron chi connectivity index (χ3n) is 3.54. The summed E-state index contributed by atoms with van der Waals surface area (Å²) in [6.45, 7) is 2.52. The van der Waals surface area contributed by atoms with Crippen molar-refractivity contribution in [3.05, 3.63) is 65.7 Å². The Morgan fingerprint density at radius 2 is 1.64 bits per heavy atom. The molecular weight excluding hydrogens is 338 g/mol. The summed E-state index contributed by atoms with van der Waals surface area (Å²) in [6, 6.07) is 13.3. The molecule has 0 atom stereocenters. The Labute approximate surface area is 148 Å². The molecule has 0 bridgehead atoms. The summed E-state index contributed by atoms with van der Waals surface area (Å²) >= 11 is 0. The van der Waals surface area contributed by atoms with Crippen LogP contribution in [0.5, 0.6) is 5.75 Å². The molecule has 0 aromatic heterocycles. The van der Waals surface area contributed by atoms with Crippen LogP contribution in [0.15, 0.2) is 59.5 Å². The van der Waals surface area contributed by atoms with Crippen LogP contribution >= 0.6 is 0 Å². The van der Waals surface area contributed by atoms with E-state index in [0.29, 0.717) is 12.2 Å². The molecule has 0 aliphatic carbocycles. The lowest BCUT2D eigenvalue weighted by molar-refractivity contribution is 0.104. The van der Waals surface area contributed by atoms with Gasteiger partial charge in [0.2, 0.25) is 10.0 Å². The lowest BCUT2D eigenvalue weighted by atomic mass is 10.1. The molecule has 0 radical (unpaired) electrons. The third-order valence-corrected chi connectivity index (χ3v) is 5.36. The van der Waals surface area contributed by atoms with Crippen molar-refractivity contribution in [2.75, 3.05) is 20.7 Å². The zero-order chi connectivity index (χ0) is 18.4. The van der Waals surface area contributed by atoms with E-state index in [4.69, 9.17) is 4.74 Å². The van der Waals surface area contributed by atoms with Crippen molar-refractivity contribution >= 4 is 21.9 Å². The molecule has 0 N–H and O–H groups in total. The number of benzene rings is 2. The van der Waals surface area contributed by atoms with Crippen molar-refractivity contribution in [1.29, 1.82) is 0 Å². The van der Waals surface area contributed by atoms with Gasteiger partial charge in [0, 0.05) is 19.7 Å². The number of ether oxygens (including phenoxy) is 1. The monoisotopic (exact) mass is 359 g/mol. The highest BCUT2D eigenvalue weighted by Crippen LogP contribution is 2.16. The van der Waals surface area contributed by atoms with Crippen molar-refractivity contribution < 1.29 is 17.9 Å². The number of hydrogen-bond acceptors (Lipinski definition) is 4. The molecule has 0 heterocycles. The third kappa shape index (κ3) is 4.78. The van der Waals surface area contributed by atoms with Gasteiger partial charge in [0.1, 0.15) is 5.75 Å². The van der Waals surface area contributed by atoms with Gasteiger partial charge in [0.15, 0.2) is 5.78 Å². The Kier molecular flexibility index (Phi) is 6.12. The second kappa shape index (κ2) is 8.09. The molecule has 0 unspecified atom stereocenters. The Bertz CT molecular complexity index is 851. The largest absolute Gasteiger partial charge is 0.494 e. The molecular formula is C19H21NO4S. The van der Waals surface area contributed by atoms with Crippen molar-refractivity contribution in [1.82, 2.24) is 4.31 Å². The van der Waals surface area contributed by atoms with E-state index in [-0.39, 0.29) is 10.7 Å². The first-order valence-electron chi connectivity index (χ1n) is 7.82. The Morgan fingerprint density at radius 1 is 1.04 bits per heavy atom. The number of nitrogens with zero attached hydrogens (tertiary/aromatic N) is 1. The second-order valence-electron chi connectivity index (χ2n) is 5.51. The van der Waals surface area contributed by atoms with Crippen LogP contribution in [0.1, 0.15) is 22.8 Å². The summed E-state index contributed by atoms with van der Waals surface area (Å²) < 4.78 is 30.5. The van der Waals surface area contributed by atoms with Gasteiger partial charge >= 0.3 is 0 Å². The van der Waals surface area contributed by atoms with Gasteiger partial charge < -0.3 is 4.74 Å². The van der Waals surface area contributed by atoms with Crippen LogP contribution in [-0.4, -0.2) is 39.2 Å². The van der Waals surface area contributed by atoms with E-state index in [1.54, 1.807) is 6.08 Å². The number of allylic oxidation sites excluding steroid dienone is 1. The summed E-state index contributed by atoms with van der Waals surface area (Å²) in [5, 5.41) is 0. The van der Waals surface area contributed by atoms with Crippen LogP contribution in [0, 0.1) is 0 Å². The molecule has 25 heavy (non-hydrogen) atoms. The van der Waals surface area contributed by atoms with Crippen LogP contribution < -0.4 is 4.74 Å². The minimum Gasteiger partial charge on any atom is -0.494 e. The summed E-state index contributed by atoms with van der Waals surface area (Å²) in [7, 11) is -0.559. The summed E-state index contributed by atoms with van der Waals surface area (Å²) in [5.74, 6) is 0.589. The fraction of sp³-hybridized carbons (Fsp3) is 0.211. The first-order chi connectivity index (χ1) is 11.8. The highest BCUT2D eigenvalue weighted by Gasteiger charge is 2.17. The molecule has 0 amide bonds. The molecule has 2 aromatic rings. The van der Waals surface area contributed by atoms with Crippen LogP contribution in [0.25, 0.3) is 6.08 Å². The normalized spacial score (nSPS) is 11.8. The summed E-state index contributed by atoms with van der Waals surface area (Å²) in [6.07, 6.45) is 3.17. The van der Waals surface area contributed by atoms with E-state index in [2.05, 4.69) is 0 Å². The number of ketones is 1. The number of sulfonamides is 1. The van der Waals surface area contributed by atoms with Gasteiger partial charge in [-0.15, -0.1) is 0 Å². The van der Waals surface area contributed by atoms with E-state index < -0.39 is 10.0 Å². The molecule has 0 aliphatic rings.